The molecule has 2 aromatic rings. The molecule has 2 saturated heterocycles. The molecule has 2 aliphatic rings. The van der Waals surface area contributed by atoms with Gasteiger partial charge in [-0.2, -0.15) is 4.98 Å². The number of rotatable bonds is 4. The van der Waals surface area contributed by atoms with Crippen molar-refractivity contribution in [3.8, 4) is 11.6 Å². The van der Waals surface area contributed by atoms with Crippen LogP contribution in [0.5, 0.6) is 0 Å². The molecular formula is C13H17N5O2. The third-order valence-corrected chi connectivity index (χ3v) is 4.12. The Labute approximate surface area is 116 Å². The van der Waals surface area contributed by atoms with Crippen molar-refractivity contribution in [2.75, 3.05) is 6.54 Å². The van der Waals surface area contributed by atoms with Crippen LogP contribution in [-0.4, -0.2) is 38.4 Å². The highest BCUT2D eigenvalue weighted by molar-refractivity contribution is 5.44. The second-order valence-corrected chi connectivity index (χ2v) is 5.46. The van der Waals surface area contributed by atoms with E-state index in [0.717, 1.165) is 31.6 Å². The number of fused-ring (bicyclic) bond motifs is 2. The summed E-state index contributed by atoms with van der Waals surface area (Å²) < 4.78 is 13.1. The van der Waals surface area contributed by atoms with Gasteiger partial charge in [0.1, 0.15) is 5.69 Å². The summed E-state index contributed by atoms with van der Waals surface area (Å²) in [4.78, 5) is 8.76. The molecule has 2 fully saturated rings. The van der Waals surface area contributed by atoms with Gasteiger partial charge < -0.3 is 19.6 Å². The maximum absolute atomic E-state index is 5.84. The Balaban J connectivity index is 1.55. The van der Waals surface area contributed by atoms with Gasteiger partial charge in [-0.25, -0.2) is 4.98 Å². The number of imidazole rings is 1. The molecule has 2 N–H and O–H groups in total. The smallest absolute Gasteiger partial charge is 0.278 e. The van der Waals surface area contributed by atoms with Crippen molar-refractivity contribution in [1.29, 1.82) is 0 Å². The average Bonchev–Trinajstić information content (AvgIpc) is 3.22. The molecule has 4 heterocycles. The van der Waals surface area contributed by atoms with Crippen molar-refractivity contribution >= 4 is 0 Å². The van der Waals surface area contributed by atoms with Crippen molar-refractivity contribution in [3.63, 3.8) is 0 Å². The molecule has 0 aliphatic carbocycles. The summed E-state index contributed by atoms with van der Waals surface area (Å²) in [7, 11) is 0. The number of ether oxygens (including phenoxy) is 1. The number of aromatic nitrogens is 4. The SMILES string of the molecule is NCCn1cnc(-c2nc(C3CC4CCC3O4)no2)c1. The first-order valence-electron chi connectivity index (χ1n) is 7.05. The van der Waals surface area contributed by atoms with E-state index in [2.05, 4.69) is 15.1 Å². The Kier molecular flexibility index (Phi) is 2.82. The van der Waals surface area contributed by atoms with E-state index in [1.54, 1.807) is 6.33 Å². The zero-order chi connectivity index (χ0) is 13.5. The minimum atomic E-state index is 0.264. The van der Waals surface area contributed by atoms with Crippen LogP contribution < -0.4 is 5.73 Å². The molecule has 0 saturated carbocycles. The first kappa shape index (κ1) is 12.0. The van der Waals surface area contributed by atoms with Gasteiger partial charge in [-0.1, -0.05) is 5.16 Å². The summed E-state index contributed by atoms with van der Waals surface area (Å²) in [5.41, 5.74) is 6.21. The highest BCUT2D eigenvalue weighted by atomic mass is 16.5. The van der Waals surface area contributed by atoms with E-state index >= 15 is 0 Å². The molecule has 106 valence electrons. The third kappa shape index (κ3) is 1.94. The van der Waals surface area contributed by atoms with Gasteiger partial charge in [0.25, 0.3) is 5.89 Å². The molecule has 0 amide bonds. The molecule has 3 atom stereocenters. The molecule has 4 rings (SSSR count). The van der Waals surface area contributed by atoms with Crippen LogP contribution in [0.15, 0.2) is 17.0 Å². The van der Waals surface area contributed by atoms with E-state index in [-0.39, 0.29) is 12.0 Å². The lowest BCUT2D eigenvalue weighted by Gasteiger charge is -2.13. The minimum Gasteiger partial charge on any atom is -0.374 e. The Morgan fingerprint density at radius 1 is 1.40 bits per heavy atom. The minimum absolute atomic E-state index is 0.264. The van der Waals surface area contributed by atoms with E-state index in [1.165, 1.54) is 0 Å². The molecule has 0 radical (unpaired) electrons. The summed E-state index contributed by atoms with van der Waals surface area (Å²) in [5, 5.41) is 4.11. The van der Waals surface area contributed by atoms with Crippen LogP contribution in [0.25, 0.3) is 11.6 Å². The number of nitrogens with two attached hydrogens (primary N) is 1. The molecule has 2 aliphatic heterocycles. The first-order chi connectivity index (χ1) is 9.83. The number of hydrogen-bond acceptors (Lipinski definition) is 6. The van der Waals surface area contributed by atoms with Gasteiger partial charge in [0, 0.05) is 19.3 Å². The normalized spacial score (nSPS) is 28.4. The van der Waals surface area contributed by atoms with Gasteiger partial charge in [0.15, 0.2) is 5.82 Å². The Morgan fingerprint density at radius 2 is 2.35 bits per heavy atom. The van der Waals surface area contributed by atoms with Crippen molar-refractivity contribution in [1.82, 2.24) is 19.7 Å². The molecule has 0 spiro atoms. The number of hydrogen-bond donors (Lipinski definition) is 1. The highest BCUT2D eigenvalue weighted by Crippen LogP contribution is 2.43. The summed E-state index contributed by atoms with van der Waals surface area (Å²) in [6, 6.07) is 0. The fourth-order valence-corrected chi connectivity index (χ4v) is 3.14. The maximum Gasteiger partial charge on any atom is 0.278 e. The zero-order valence-corrected chi connectivity index (χ0v) is 11.1. The van der Waals surface area contributed by atoms with Crippen molar-refractivity contribution in [3.05, 3.63) is 18.3 Å². The van der Waals surface area contributed by atoms with Crippen LogP contribution in [0.2, 0.25) is 0 Å². The molecule has 2 bridgehead atoms. The van der Waals surface area contributed by atoms with Crippen LogP contribution in [0.1, 0.15) is 31.0 Å². The number of nitrogens with zero attached hydrogens (tertiary/aromatic N) is 4. The molecule has 20 heavy (non-hydrogen) atoms. The quantitative estimate of drug-likeness (QED) is 0.892. The van der Waals surface area contributed by atoms with E-state index in [4.69, 9.17) is 15.0 Å². The predicted molar refractivity (Wildman–Crippen MR) is 69.8 cm³/mol. The van der Waals surface area contributed by atoms with Gasteiger partial charge in [-0.3, -0.25) is 0 Å². The standard InChI is InChI=1S/C13H17N5O2/c14-3-4-18-6-10(15-7-18)13-16-12(17-20-13)9-5-8-1-2-11(9)19-8/h6-9,11H,1-5,14H2. The summed E-state index contributed by atoms with van der Waals surface area (Å²) in [5.74, 6) is 1.50. The van der Waals surface area contributed by atoms with Crippen molar-refractivity contribution in [2.24, 2.45) is 5.73 Å². The van der Waals surface area contributed by atoms with E-state index in [0.29, 0.717) is 24.2 Å². The van der Waals surface area contributed by atoms with Gasteiger partial charge in [-0.05, 0) is 19.3 Å². The topological polar surface area (TPSA) is 92.0 Å². The molecule has 7 nitrogen and oxygen atoms in total. The second-order valence-electron chi connectivity index (χ2n) is 5.46. The molecule has 0 aromatic carbocycles. The third-order valence-electron chi connectivity index (χ3n) is 4.12. The molecule has 2 aromatic heterocycles. The molecule has 3 unspecified atom stereocenters. The fourth-order valence-electron chi connectivity index (χ4n) is 3.14. The van der Waals surface area contributed by atoms with E-state index in [1.807, 2.05) is 10.8 Å². The fraction of sp³-hybridized carbons (Fsp3) is 0.615. The zero-order valence-electron chi connectivity index (χ0n) is 11.1. The van der Waals surface area contributed by atoms with E-state index < -0.39 is 0 Å². The van der Waals surface area contributed by atoms with Crippen LogP contribution in [-0.2, 0) is 11.3 Å². The van der Waals surface area contributed by atoms with Gasteiger partial charge in [0.2, 0.25) is 0 Å². The predicted octanol–water partition coefficient (Wildman–Crippen LogP) is 0.927. The second kappa shape index (κ2) is 4.68. The van der Waals surface area contributed by atoms with Crippen molar-refractivity contribution < 1.29 is 9.26 Å². The highest BCUT2D eigenvalue weighted by Gasteiger charge is 2.43. The average molecular weight is 275 g/mol. The lowest BCUT2D eigenvalue weighted by Crippen LogP contribution is -2.15. The summed E-state index contributed by atoms with van der Waals surface area (Å²) in [6.07, 6.45) is 7.52. The lowest BCUT2D eigenvalue weighted by atomic mass is 9.89. The van der Waals surface area contributed by atoms with Gasteiger partial charge >= 0.3 is 0 Å². The lowest BCUT2D eigenvalue weighted by molar-refractivity contribution is 0.0996. The Bertz CT molecular complexity index is 607. The monoisotopic (exact) mass is 275 g/mol. The van der Waals surface area contributed by atoms with Gasteiger partial charge in [0.05, 0.1) is 24.5 Å². The van der Waals surface area contributed by atoms with Gasteiger partial charge in [-0.15, -0.1) is 0 Å². The van der Waals surface area contributed by atoms with Crippen molar-refractivity contribution in [2.45, 2.75) is 43.9 Å². The summed E-state index contributed by atoms with van der Waals surface area (Å²) in [6.45, 7) is 1.31. The molecule has 7 heteroatoms. The Hall–Kier alpha value is -1.73. The maximum atomic E-state index is 5.84. The Morgan fingerprint density at radius 3 is 3.10 bits per heavy atom. The van der Waals surface area contributed by atoms with Crippen LogP contribution in [0.3, 0.4) is 0 Å². The van der Waals surface area contributed by atoms with E-state index in [9.17, 15) is 0 Å². The first-order valence-corrected chi connectivity index (χ1v) is 7.05. The van der Waals surface area contributed by atoms with Crippen LogP contribution in [0, 0.1) is 0 Å². The summed E-state index contributed by atoms with van der Waals surface area (Å²) >= 11 is 0. The van der Waals surface area contributed by atoms with Crippen LogP contribution in [0.4, 0.5) is 0 Å². The largest absolute Gasteiger partial charge is 0.374 e. The molecular weight excluding hydrogens is 258 g/mol. The van der Waals surface area contributed by atoms with Crippen LogP contribution >= 0.6 is 0 Å².